The molecular weight excluding hydrogens is 379 g/mol. The monoisotopic (exact) mass is 398 g/mol. The molecule has 0 fully saturated rings. The van der Waals surface area contributed by atoms with E-state index in [1.807, 2.05) is 4.57 Å². The lowest BCUT2D eigenvalue weighted by Crippen LogP contribution is -2.24. The van der Waals surface area contributed by atoms with Crippen LogP contribution in [-0.4, -0.2) is 35.9 Å². The lowest BCUT2D eigenvalue weighted by Gasteiger charge is -2.10. The minimum Gasteiger partial charge on any atom is -0.481 e. The SMILES string of the molecule is COC(=O)COc1cccc2c1c(C(=O)C(N)=O)c(C)n2Cc1ccc(F)cc1. The van der Waals surface area contributed by atoms with Gasteiger partial charge in [0, 0.05) is 12.2 Å². The fourth-order valence-corrected chi connectivity index (χ4v) is 3.19. The lowest BCUT2D eigenvalue weighted by atomic mass is 10.1. The molecule has 0 spiro atoms. The Kier molecular flexibility index (Phi) is 5.63. The van der Waals surface area contributed by atoms with E-state index in [-0.39, 0.29) is 23.7 Å². The molecule has 2 N–H and O–H groups in total. The van der Waals surface area contributed by atoms with Crippen LogP contribution < -0.4 is 10.5 Å². The van der Waals surface area contributed by atoms with Gasteiger partial charge in [-0.3, -0.25) is 9.59 Å². The Morgan fingerprint density at radius 3 is 2.41 bits per heavy atom. The zero-order valence-electron chi connectivity index (χ0n) is 15.9. The van der Waals surface area contributed by atoms with E-state index >= 15 is 0 Å². The van der Waals surface area contributed by atoms with Gasteiger partial charge in [0.2, 0.25) is 0 Å². The van der Waals surface area contributed by atoms with Crippen molar-refractivity contribution in [1.29, 1.82) is 0 Å². The maximum absolute atomic E-state index is 13.2. The Bertz CT molecular complexity index is 1100. The topological polar surface area (TPSA) is 101 Å². The number of carbonyl (C=O) groups is 3. The normalized spacial score (nSPS) is 10.7. The number of halogens is 1. The number of aromatic nitrogens is 1. The second-order valence-corrected chi connectivity index (χ2v) is 6.38. The predicted octanol–water partition coefficient (Wildman–Crippen LogP) is 2.36. The Labute approximate surface area is 165 Å². The molecule has 7 nitrogen and oxygen atoms in total. The van der Waals surface area contributed by atoms with Gasteiger partial charge in [-0.25, -0.2) is 9.18 Å². The highest BCUT2D eigenvalue weighted by Gasteiger charge is 2.26. The van der Waals surface area contributed by atoms with Gasteiger partial charge < -0.3 is 19.8 Å². The molecule has 1 amide bonds. The fraction of sp³-hybridized carbons (Fsp3) is 0.190. The van der Waals surface area contributed by atoms with Crippen LogP contribution >= 0.6 is 0 Å². The molecule has 0 aliphatic heterocycles. The van der Waals surface area contributed by atoms with Gasteiger partial charge in [0.05, 0.1) is 23.6 Å². The first kappa shape index (κ1) is 20.1. The summed E-state index contributed by atoms with van der Waals surface area (Å²) < 4.78 is 25.2. The average Bonchev–Trinajstić information content (AvgIpc) is 2.99. The molecule has 1 aromatic heterocycles. The number of esters is 1. The number of ether oxygens (including phenoxy) is 2. The van der Waals surface area contributed by atoms with Crippen LogP contribution in [0.25, 0.3) is 10.9 Å². The van der Waals surface area contributed by atoms with Crippen molar-refractivity contribution in [1.82, 2.24) is 4.57 Å². The van der Waals surface area contributed by atoms with E-state index in [0.717, 1.165) is 5.56 Å². The molecule has 3 aromatic rings. The first-order chi connectivity index (χ1) is 13.8. The third-order valence-corrected chi connectivity index (χ3v) is 4.59. The van der Waals surface area contributed by atoms with Crippen molar-refractivity contribution in [2.75, 3.05) is 13.7 Å². The summed E-state index contributed by atoms with van der Waals surface area (Å²) in [4.78, 5) is 35.6. The molecule has 0 aliphatic carbocycles. The standard InChI is InChI=1S/C21H19FN2O5/c1-12-18(20(26)21(23)27)19-15(4-3-5-16(19)29-11-17(25)28-2)24(12)10-13-6-8-14(22)9-7-13/h3-9H,10-11H2,1-2H3,(H2,23,27). The number of nitrogens with zero attached hydrogens (tertiary/aromatic N) is 1. The largest absolute Gasteiger partial charge is 0.481 e. The Balaban J connectivity index is 2.17. The van der Waals surface area contributed by atoms with E-state index in [1.54, 1.807) is 37.3 Å². The van der Waals surface area contributed by atoms with Gasteiger partial charge in [0.25, 0.3) is 11.7 Å². The molecule has 0 radical (unpaired) electrons. The van der Waals surface area contributed by atoms with Crippen molar-refractivity contribution >= 4 is 28.6 Å². The Hall–Kier alpha value is -3.68. The quantitative estimate of drug-likeness (QED) is 0.374. The summed E-state index contributed by atoms with van der Waals surface area (Å²) >= 11 is 0. The Morgan fingerprint density at radius 2 is 1.79 bits per heavy atom. The van der Waals surface area contributed by atoms with Crippen LogP contribution in [0.5, 0.6) is 5.75 Å². The van der Waals surface area contributed by atoms with Crippen LogP contribution in [-0.2, 0) is 20.9 Å². The molecule has 8 heteroatoms. The van der Waals surface area contributed by atoms with Gasteiger partial charge >= 0.3 is 5.97 Å². The summed E-state index contributed by atoms with van der Waals surface area (Å²) in [7, 11) is 1.23. The van der Waals surface area contributed by atoms with Crippen LogP contribution in [0, 0.1) is 12.7 Å². The van der Waals surface area contributed by atoms with Crippen molar-refractivity contribution in [2.24, 2.45) is 5.73 Å². The minimum absolute atomic E-state index is 0.107. The molecule has 0 aliphatic rings. The number of primary amides is 1. The molecule has 3 rings (SSSR count). The molecule has 1 heterocycles. The van der Waals surface area contributed by atoms with Gasteiger partial charge in [-0.15, -0.1) is 0 Å². The number of benzene rings is 2. The third kappa shape index (κ3) is 3.96. The highest BCUT2D eigenvalue weighted by atomic mass is 19.1. The summed E-state index contributed by atoms with van der Waals surface area (Å²) in [5.74, 6) is -2.66. The van der Waals surface area contributed by atoms with Gasteiger partial charge in [-0.2, -0.15) is 0 Å². The molecule has 2 aromatic carbocycles. The lowest BCUT2D eigenvalue weighted by molar-refractivity contribution is -0.142. The molecule has 0 saturated heterocycles. The van der Waals surface area contributed by atoms with Crippen LogP contribution in [0.15, 0.2) is 42.5 Å². The zero-order valence-corrected chi connectivity index (χ0v) is 15.9. The van der Waals surface area contributed by atoms with E-state index in [4.69, 9.17) is 10.5 Å². The number of rotatable bonds is 7. The molecule has 150 valence electrons. The van der Waals surface area contributed by atoms with Gasteiger partial charge in [0.1, 0.15) is 11.6 Å². The van der Waals surface area contributed by atoms with E-state index in [9.17, 15) is 18.8 Å². The molecule has 0 atom stereocenters. The number of fused-ring (bicyclic) bond motifs is 1. The first-order valence-electron chi connectivity index (χ1n) is 8.73. The van der Waals surface area contributed by atoms with Crippen molar-refractivity contribution < 1.29 is 28.2 Å². The minimum atomic E-state index is -1.10. The summed E-state index contributed by atoms with van der Waals surface area (Å²) in [6.45, 7) is 1.65. The summed E-state index contributed by atoms with van der Waals surface area (Å²) in [5, 5.41) is 0.375. The highest BCUT2D eigenvalue weighted by molar-refractivity contribution is 6.45. The molecule has 0 saturated carbocycles. The van der Waals surface area contributed by atoms with Crippen LogP contribution in [0.4, 0.5) is 4.39 Å². The van der Waals surface area contributed by atoms with Gasteiger partial charge in [-0.1, -0.05) is 18.2 Å². The smallest absolute Gasteiger partial charge is 0.343 e. The molecule has 29 heavy (non-hydrogen) atoms. The van der Waals surface area contributed by atoms with E-state index in [0.29, 0.717) is 23.1 Å². The van der Waals surface area contributed by atoms with Crippen molar-refractivity contribution in [2.45, 2.75) is 13.5 Å². The number of amides is 1. The maximum atomic E-state index is 13.2. The second kappa shape index (κ2) is 8.14. The average molecular weight is 398 g/mol. The number of hydrogen-bond acceptors (Lipinski definition) is 5. The number of methoxy groups -OCH3 is 1. The van der Waals surface area contributed by atoms with Gasteiger partial charge in [-0.05, 0) is 36.8 Å². The number of nitrogens with two attached hydrogens (primary N) is 1. The highest BCUT2D eigenvalue weighted by Crippen LogP contribution is 2.34. The van der Waals surface area contributed by atoms with E-state index in [1.165, 1.54) is 19.2 Å². The van der Waals surface area contributed by atoms with Crippen molar-refractivity contribution in [3.05, 3.63) is 65.1 Å². The molecule has 0 bridgehead atoms. The van der Waals surface area contributed by atoms with Crippen molar-refractivity contribution in [3.8, 4) is 5.75 Å². The summed E-state index contributed by atoms with van der Waals surface area (Å²) in [6.07, 6.45) is 0. The predicted molar refractivity (Wildman–Crippen MR) is 103 cm³/mol. The summed E-state index contributed by atoms with van der Waals surface area (Å²) in [5.41, 5.74) is 7.26. The zero-order chi connectivity index (χ0) is 21.1. The van der Waals surface area contributed by atoms with E-state index < -0.39 is 17.7 Å². The van der Waals surface area contributed by atoms with Crippen LogP contribution in [0.2, 0.25) is 0 Å². The first-order valence-corrected chi connectivity index (χ1v) is 8.73. The van der Waals surface area contributed by atoms with Crippen molar-refractivity contribution in [3.63, 3.8) is 0 Å². The number of Topliss-reactive ketones (excluding diaryl/α,β-unsaturated/α-hetero) is 1. The number of hydrogen-bond donors (Lipinski definition) is 1. The van der Waals surface area contributed by atoms with E-state index in [2.05, 4.69) is 4.74 Å². The maximum Gasteiger partial charge on any atom is 0.343 e. The summed E-state index contributed by atoms with van der Waals surface area (Å²) in [6, 6.07) is 11.0. The molecule has 0 unspecified atom stereocenters. The Morgan fingerprint density at radius 1 is 1.10 bits per heavy atom. The second-order valence-electron chi connectivity index (χ2n) is 6.38. The number of carbonyl (C=O) groups excluding carboxylic acids is 3. The van der Waals surface area contributed by atoms with Gasteiger partial charge in [0.15, 0.2) is 6.61 Å². The molecular formula is C21H19FN2O5. The van der Waals surface area contributed by atoms with Crippen LogP contribution in [0.1, 0.15) is 21.6 Å². The third-order valence-electron chi connectivity index (χ3n) is 4.59. The number of ketones is 1. The fourth-order valence-electron chi connectivity index (χ4n) is 3.19. The van der Waals surface area contributed by atoms with Crippen LogP contribution in [0.3, 0.4) is 0 Å².